The van der Waals surface area contributed by atoms with E-state index in [0.717, 1.165) is 0 Å². The van der Waals surface area contributed by atoms with Crippen LogP contribution in [0.5, 0.6) is 0 Å². The smallest absolute Gasteiger partial charge is 0.303 e. The molecule has 0 amide bonds. The molecule has 0 aromatic rings. The van der Waals surface area contributed by atoms with Crippen molar-refractivity contribution in [3.63, 3.8) is 0 Å². The number of ether oxygens (including phenoxy) is 3. The van der Waals surface area contributed by atoms with E-state index in [1.54, 1.807) is 6.92 Å². The highest BCUT2D eigenvalue weighted by Gasteiger charge is 2.31. The fraction of sp³-hybridized carbons (Fsp3) is 0.769. The average Bonchev–Trinajstić information content (AvgIpc) is 2.29. The van der Waals surface area contributed by atoms with Crippen LogP contribution < -0.4 is 0 Å². The molecular formula is C13H22O6. The summed E-state index contributed by atoms with van der Waals surface area (Å²) < 4.78 is 15.2. The van der Waals surface area contributed by atoms with E-state index in [4.69, 9.17) is 14.2 Å². The Labute approximate surface area is 113 Å². The first-order valence-corrected chi connectivity index (χ1v) is 6.25. The van der Waals surface area contributed by atoms with Crippen molar-refractivity contribution in [1.29, 1.82) is 0 Å². The lowest BCUT2D eigenvalue weighted by Gasteiger charge is -2.29. The number of carbonyl (C=O) groups is 3. The number of hydrogen-bond donors (Lipinski definition) is 0. The Hall–Kier alpha value is -1.59. The van der Waals surface area contributed by atoms with Crippen LogP contribution in [0.1, 0.15) is 41.0 Å². The molecule has 0 aromatic heterocycles. The van der Waals surface area contributed by atoms with E-state index in [2.05, 4.69) is 0 Å². The van der Waals surface area contributed by atoms with Gasteiger partial charge in [-0.25, -0.2) is 0 Å². The van der Waals surface area contributed by atoms with Crippen LogP contribution in [-0.2, 0) is 28.6 Å². The van der Waals surface area contributed by atoms with Crippen LogP contribution in [0.4, 0.5) is 0 Å². The fourth-order valence-electron chi connectivity index (χ4n) is 1.69. The van der Waals surface area contributed by atoms with Crippen molar-refractivity contribution >= 4 is 17.9 Å². The topological polar surface area (TPSA) is 78.9 Å². The molecule has 0 aromatic carbocycles. The molecule has 6 heteroatoms. The summed E-state index contributed by atoms with van der Waals surface area (Å²) in [5.41, 5.74) is 0. The molecule has 3 unspecified atom stereocenters. The minimum Gasteiger partial charge on any atom is -0.465 e. The van der Waals surface area contributed by atoms with E-state index in [0.29, 0.717) is 6.42 Å². The third kappa shape index (κ3) is 7.43. The normalized spacial score (nSPS) is 15.0. The van der Waals surface area contributed by atoms with E-state index in [1.165, 1.54) is 20.8 Å². The standard InChI is InChI=1S/C13H22O6/c1-6-12(18-10(4)15)13(19-11(5)16)8(2)7-17-9(3)14/h8,12-13H,6-7H2,1-5H3. The molecular weight excluding hydrogens is 252 g/mol. The Morgan fingerprint density at radius 3 is 1.84 bits per heavy atom. The van der Waals surface area contributed by atoms with Crippen LogP contribution in [0.3, 0.4) is 0 Å². The molecule has 0 N–H and O–H groups in total. The average molecular weight is 274 g/mol. The monoisotopic (exact) mass is 274 g/mol. The summed E-state index contributed by atoms with van der Waals surface area (Å²) in [5.74, 6) is -1.58. The molecule has 0 radical (unpaired) electrons. The second-order valence-corrected chi connectivity index (χ2v) is 4.41. The lowest BCUT2D eigenvalue weighted by Crippen LogP contribution is -2.40. The SMILES string of the molecule is CCC(OC(C)=O)C(OC(C)=O)C(C)COC(C)=O. The summed E-state index contributed by atoms with van der Waals surface area (Å²) in [6.07, 6.45) is -0.681. The summed E-state index contributed by atoms with van der Waals surface area (Å²) in [5, 5.41) is 0. The molecule has 0 saturated carbocycles. The molecule has 0 aliphatic rings. The summed E-state index contributed by atoms with van der Waals surface area (Å²) in [6.45, 7) is 7.57. The Balaban J connectivity index is 4.78. The number of carbonyl (C=O) groups excluding carboxylic acids is 3. The molecule has 0 spiro atoms. The van der Waals surface area contributed by atoms with Crippen molar-refractivity contribution in [3.05, 3.63) is 0 Å². The van der Waals surface area contributed by atoms with Gasteiger partial charge in [-0.2, -0.15) is 0 Å². The number of esters is 3. The predicted molar refractivity (Wildman–Crippen MR) is 67.2 cm³/mol. The van der Waals surface area contributed by atoms with Crippen molar-refractivity contribution in [3.8, 4) is 0 Å². The minimum absolute atomic E-state index is 0.102. The summed E-state index contributed by atoms with van der Waals surface area (Å²) >= 11 is 0. The first-order valence-electron chi connectivity index (χ1n) is 6.25. The highest BCUT2D eigenvalue weighted by Crippen LogP contribution is 2.18. The second kappa shape index (κ2) is 8.50. The maximum Gasteiger partial charge on any atom is 0.303 e. The minimum atomic E-state index is -0.634. The first-order chi connectivity index (χ1) is 8.77. The highest BCUT2D eigenvalue weighted by atomic mass is 16.6. The summed E-state index contributed by atoms with van der Waals surface area (Å²) in [4.78, 5) is 33.0. The fourth-order valence-corrected chi connectivity index (χ4v) is 1.69. The van der Waals surface area contributed by atoms with Crippen molar-refractivity contribution in [2.45, 2.75) is 53.2 Å². The van der Waals surface area contributed by atoms with Crippen molar-refractivity contribution in [1.82, 2.24) is 0 Å². The van der Waals surface area contributed by atoms with Gasteiger partial charge in [-0.1, -0.05) is 13.8 Å². The Kier molecular flexibility index (Phi) is 7.79. The lowest BCUT2D eigenvalue weighted by atomic mass is 9.98. The Morgan fingerprint density at radius 1 is 0.947 bits per heavy atom. The molecule has 0 saturated heterocycles. The van der Waals surface area contributed by atoms with Gasteiger partial charge in [0, 0.05) is 26.7 Å². The molecule has 0 rings (SSSR count). The second-order valence-electron chi connectivity index (χ2n) is 4.41. The van der Waals surface area contributed by atoms with Gasteiger partial charge in [-0.05, 0) is 6.42 Å². The van der Waals surface area contributed by atoms with Gasteiger partial charge in [0.25, 0.3) is 0 Å². The van der Waals surface area contributed by atoms with Crippen LogP contribution in [0.2, 0.25) is 0 Å². The Morgan fingerprint density at radius 2 is 1.47 bits per heavy atom. The van der Waals surface area contributed by atoms with E-state index >= 15 is 0 Å². The van der Waals surface area contributed by atoms with E-state index in [-0.39, 0.29) is 12.5 Å². The molecule has 110 valence electrons. The zero-order valence-corrected chi connectivity index (χ0v) is 12.1. The molecule has 0 fully saturated rings. The van der Waals surface area contributed by atoms with Crippen molar-refractivity contribution in [2.24, 2.45) is 5.92 Å². The molecule has 19 heavy (non-hydrogen) atoms. The first kappa shape index (κ1) is 17.4. The third-order valence-electron chi connectivity index (χ3n) is 2.50. The van der Waals surface area contributed by atoms with Gasteiger partial charge in [0.1, 0.15) is 12.2 Å². The van der Waals surface area contributed by atoms with Gasteiger partial charge in [0.2, 0.25) is 0 Å². The van der Waals surface area contributed by atoms with E-state index in [9.17, 15) is 14.4 Å². The maximum absolute atomic E-state index is 11.1. The predicted octanol–water partition coefficient (Wildman–Crippen LogP) is 1.46. The van der Waals surface area contributed by atoms with Gasteiger partial charge in [-0.3, -0.25) is 14.4 Å². The quantitative estimate of drug-likeness (QED) is 0.516. The maximum atomic E-state index is 11.1. The zero-order valence-electron chi connectivity index (χ0n) is 12.1. The molecule has 0 bridgehead atoms. The van der Waals surface area contributed by atoms with Gasteiger partial charge >= 0.3 is 17.9 Å². The lowest BCUT2D eigenvalue weighted by molar-refractivity contribution is -0.172. The van der Waals surface area contributed by atoms with Gasteiger partial charge < -0.3 is 14.2 Å². The van der Waals surface area contributed by atoms with Gasteiger partial charge in [0.05, 0.1) is 6.61 Å². The zero-order chi connectivity index (χ0) is 15.0. The molecule has 0 aliphatic heterocycles. The van der Waals surface area contributed by atoms with Crippen LogP contribution >= 0.6 is 0 Å². The Bertz CT molecular complexity index is 325. The number of hydrogen-bond acceptors (Lipinski definition) is 6. The van der Waals surface area contributed by atoms with Crippen LogP contribution in [0.25, 0.3) is 0 Å². The molecule has 0 heterocycles. The third-order valence-corrected chi connectivity index (χ3v) is 2.50. The van der Waals surface area contributed by atoms with Crippen LogP contribution in [-0.4, -0.2) is 36.7 Å². The van der Waals surface area contributed by atoms with Crippen molar-refractivity contribution < 1.29 is 28.6 Å². The summed E-state index contributed by atoms with van der Waals surface area (Å²) in [6, 6.07) is 0. The highest BCUT2D eigenvalue weighted by molar-refractivity contribution is 5.67. The van der Waals surface area contributed by atoms with Crippen LogP contribution in [0.15, 0.2) is 0 Å². The molecule has 0 aliphatic carbocycles. The summed E-state index contributed by atoms with van der Waals surface area (Å²) in [7, 11) is 0. The van der Waals surface area contributed by atoms with Crippen molar-refractivity contribution in [2.75, 3.05) is 6.61 Å². The van der Waals surface area contributed by atoms with Crippen LogP contribution in [0, 0.1) is 5.92 Å². The molecule has 3 atom stereocenters. The van der Waals surface area contributed by atoms with Gasteiger partial charge in [0.15, 0.2) is 0 Å². The van der Waals surface area contributed by atoms with Gasteiger partial charge in [-0.15, -0.1) is 0 Å². The number of rotatable bonds is 7. The van der Waals surface area contributed by atoms with E-state index < -0.39 is 30.1 Å². The van der Waals surface area contributed by atoms with E-state index in [1.807, 2.05) is 6.92 Å². The molecule has 6 nitrogen and oxygen atoms in total. The largest absolute Gasteiger partial charge is 0.465 e.